The minimum Gasteiger partial charge on any atom is -0.368 e. The van der Waals surface area contributed by atoms with E-state index in [0.717, 1.165) is 10.8 Å². The number of sulfone groups is 1. The van der Waals surface area contributed by atoms with E-state index < -0.39 is 15.0 Å². The van der Waals surface area contributed by atoms with Crippen molar-refractivity contribution in [2.24, 2.45) is 0 Å². The average Bonchev–Trinajstić information content (AvgIpc) is 2.83. The van der Waals surface area contributed by atoms with E-state index in [9.17, 15) is 8.42 Å². The Labute approximate surface area is 112 Å². The lowest BCUT2D eigenvalue weighted by Gasteiger charge is -1.99. The number of fused-ring (bicyclic) bond motifs is 1. The monoisotopic (exact) mass is 292 g/mol. The van der Waals surface area contributed by atoms with Crippen LogP contribution < -0.4 is 5.73 Å². The molecule has 0 atom stereocenters. The standard InChI is InChI=1S/C9H8N8O2S/c1-20(18,19)9-14-7(10)17-8(15-9)13-6(16-17)5-2-3-11-4-12-5/h2-4H,1H3,(H2,10,13,14,15,16). The first-order valence-corrected chi connectivity index (χ1v) is 7.21. The molecule has 0 aliphatic carbocycles. The molecule has 0 aliphatic heterocycles. The molecule has 3 aromatic rings. The lowest BCUT2D eigenvalue weighted by atomic mass is 10.4. The van der Waals surface area contributed by atoms with Gasteiger partial charge in [-0.05, 0) is 6.07 Å². The number of hydrogen-bond acceptors (Lipinski definition) is 9. The molecule has 0 unspecified atom stereocenters. The highest BCUT2D eigenvalue weighted by molar-refractivity contribution is 7.90. The maximum atomic E-state index is 11.4. The Balaban J connectivity index is 2.24. The summed E-state index contributed by atoms with van der Waals surface area (Å²) in [4.78, 5) is 19.4. The third kappa shape index (κ3) is 2.03. The molecule has 20 heavy (non-hydrogen) atoms. The summed E-state index contributed by atoms with van der Waals surface area (Å²) in [5, 5.41) is 3.68. The fraction of sp³-hybridized carbons (Fsp3) is 0.111. The molecule has 3 heterocycles. The van der Waals surface area contributed by atoms with Gasteiger partial charge in [0, 0.05) is 12.5 Å². The normalized spacial score (nSPS) is 11.8. The predicted octanol–water partition coefficient (Wildman–Crippen LogP) is -1.04. The lowest BCUT2D eigenvalue weighted by molar-refractivity contribution is 0.592. The van der Waals surface area contributed by atoms with Gasteiger partial charge in [0.2, 0.25) is 21.6 Å². The van der Waals surface area contributed by atoms with Crippen LogP contribution in [0.2, 0.25) is 0 Å². The van der Waals surface area contributed by atoms with Gasteiger partial charge in [0.1, 0.15) is 12.0 Å². The van der Waals surface area contributed by atoms with Gasteiger partial charge in [-0.1, -0.05) is 0 Å². The highest BCUT2D eigenvalue weighted by Gasteiger charge is 2.17. The van der Waals surface area contributed by atoms with E-state index in [0.29, 0.717) is 5.69 Å². The molecule has 2 N–H and O–H groups in total. The summed E-state index contributed by atoms with van der Waals surface area (Å²) in [5.41, 5.74) is 6.12. The minimum atomic E-state index is -3.58. The van der Waals surface area contributed by atoms with Gasteiger partial charge in [0.25, 0.3) is 10.9 Å². The van der Waals surface area contributed by atoms with Crippen LogP contribution in [0.3, 0.4) is 0 Å². The molecule has 0 fully saturated rings. The molecule has 0 radical (unpaired) electrons. The van der Waals surface area contributed by atoms with Crippen molar-refractivity contribution in [2.45, 2.75) is 5.16 Å². The van der Waals surface area contributed by atoms with E-state index in [2.05, 4.69) is 30.0 Å². The van der Waals surface area contributed by atoms with Crippen molar-refractivity contribution in [3.63, 3.8) is 0 Å². The lowest BCUT2D eigenvalue weighted by Crippen LogP contribution is -2.11. The summed E-state index contributed by atoms with van der Waals surface area (Å²) in [6.45, 7) is 0. The van der Waals surface area contributed by atoms with Crippen molar-refractivity contribution in [1.29, 1.82) is 0 Å². The van der Waals surface area contributed by atoms with Crippen LogP contribution in [-0.2, 0) is 9.84 Å². The van der Waals surface area contributed by atoms with Gasteiger partial charge in [-0.3, -0.25) is 0 Å². The van der Waals surface area contributed by atoms with Crippen molar-refractivity contribution >= 4 is 21.6 Å². The number of hydrogen-bond donors (Lipinski definition) is 1. The molecule has 0 aliphatic rings. The number of nitrogens with zero attached hydrogens (tertiary/aromatic N) is 7. The largest absolute Gasteiger partial charge is 0.368 e. The molecule has 102 valence electrons. The van der Waals surface area contributed by atoms with Crippen LogP contribution in [-0.4, -0.2) is 49.2 Å². The molecule has 0 bridgehead atoms. The van der Waals surface area contributed by atoms with E-state index in [1.807, 2.05) is 0 Å². The third-order valence-electron chi connectivity index (χ3n) is 2.36. The molecule has 11 heteroatoms. The number of nitrogen functional groups attached to an aromatic ring is 1. The molecular weight excluding hydrogens is 284 g/mol. The van der Waals surface area contributed by atoms with Crippen LogP contribution in [0.15, 0.2) is 23.7 Å². The maximum absolute atomic E-state index is 11.4. The molecule has 3 rings (SSSR count). The maximum Gasteiger partial charge on any atom is 0.258 e. The minimum absolute atomic E-state index is 0.0338. The van der Waals surface area contributed by atoms with Gasteiger partial charge in [-0.2, -0.15) is 19.5 Å². The number of anilines is 1. The molecule has 0 aromatic carbocycles. The Morgan fingerprint density at radius 3 is 2.70 bits per heavy atom. The van der Waals surface area contributed by atoms with Crippen LogP contribution >= 0.6 is 0 Å². The fourth-order valence-corrected chi connectivity index (χ4v) is 1.99. The molecule has 3 aromatic heterocycles. The van der Waals surface area contributed by atoms with Crippen molar-refractivity contribution in [3.05, 3.63) is 18.6 Å². The van der Waals surface area contributed by atoms with Crippen molar-refractivity contribution in [1.82, 2.24) is 34.5 Å². The second kappa shape index (κ2) is 4.16. The van der Waals surface area contributed by atoms with Gasteiger partial charge in [-0.25, -0.2) is 18.4 Å². The topological polar surface area (TPSA) is 142 Å². The second-order valence-corrected chi connectivity index (χ2v) is 5.79. The Morgan fingerprint density at radius 2 is 2.05 bits per heavy atom. The first-order chi connectivity index (χ1) is 9.45. The van der Waals surface area contributed by atoms with Crippen molar-refractivity contribution < 1.29 is 8.42 Å². The smallest absolute Gasteiger partial charge is 0.258 e. The van der Waals surface area contributed by atoms with E-state index in [4.69, 9.17) is 5.73 Å². The summed E-state index contributed by atoms with van der Waals surface area (Å²) in [6.07, 6.45) is 3.86. The Bertz CT molecular complexity index is 889. The summed E-state index contributed by atoms with van der Waals surface area (Å²) in [6, 6.07) is 1.61. The van der Waals surface area contributed by atoms with E-state index in [-0.39, 0.29) is 17.6 Å². The third-order valence-corrected chi connectivity index (χ3v) is 3.20. The predicted molar refractivity (Wildman–Crippen MR) is 67.1 cm³/mol. The van der Waals surface area contributed by atoms with Gasteiger partial charge in [-0.15, -0.1) is 5.10 Å². The SMILES string of the molecule is CS(=O)(=O)c1nc(N)n2nc(-c3ccncn3)nc2n1. The van der Waals surface area contributed by atoms with Gasteiger partial charge >= 0.3 is 0 Å². The molecule has 0 saturated carbocycles. The van der Waals surface area contributed by atoms with Gasteiger partial charge < -0.3 is 5.73 Å². The molecule has 0 spiro atoms. The fourth-order valence-electron chi connectivity index (χ4n) is 1.48. The van der Waals surface area contributed by atoms with Crippen LogP contribution in [0, 0.1) is 0 Å². The summed E-state index contributed by atoms with van der Waals surface area (Å²) in [5.74, 6) is 0.161. The summed E-state index contributed by atoms with van der Waals surface area (Å²) in [7, 11) is -3.58. The Hall–Kier alpha value is -2.69. The number of nitrogens with two attached hydrogens (primary N) is 1. The van der Waals surface area contributed by atoms with Crippen LogP contribution in [0.25, 0.3) is 17.3 Å². The number of rotatable bonds is 2. The molecule has 10 nitrogen and oxygen atoms in total. The zero-order valence-corrected chi connectivity index (χ0v) is 11.0. The quantitative estimate of drug-likeness (QED) is 0.626. The molecule has 0 amide bonds. The highest BCUT2D eigenvalue weighted by atomic mass is 32.2. The van der Waals surface area contributed by atoms with Crippen LogP contribution in [0.4, 0.5) is 5.95 Å². The average molecular weight is 292 g/mol. The van der Waals surface area contributed by atoms with Crippen LogP contribution in [0.1, 0.15) is 0 Å². The molecular formula is C9H8N8O2S. The Morgan fingerprint density at radius 1 is 1.25 bits per heavy atom. The summed E-state index contributed by atoms with van der Waals surface area (Å²) >= 11 is 0. The Kier molecular flexibility index (Phi) is 2.57. The zero-order valence-electron chi connectivity index (χ0n) is 10.2. The molecule has 0 saturated heterocycles. The van der Waals surface area contributed by atoms with Crippen molar-refractivity contribution in [2.75, 3.05) is 12.0 Å². The van der Waals surface area contributed by atoms with E-state index in [1.54, 1.807) is 6.07 Å². The number of aromatic nitrogens is 7. The van der Waals surface area contributed by atoms with E-state index >= 15 is 0 Å². The van der Waals surface area contributed by atoms with E-state index in [1.165, 1.54) is 12.5 Å². The van der Waals surface area contributed by atoms with Gasteiger partial charge in [0.05, 0.1) is 0 Å². The first-order valence-electron chi connectivity index (χ1n) is 5.32. The van der Waals surface area contributed by atoms with Crippen LogP contribution in [0.5, 0.6) is 0 Å². The first kappa shape index (κ1) is 12.3. The van der Waals surface area contributed by atoms with Gasteiger partial charge in [0.15, 0.2) is 0 Å². The second-order valence-electron chi connectivity index (χ2n) is 3.88. The highest BCUT2D eigenvalue weighted by Crippen LogP contribution is 2.14. The van der Waals surface area contributed by atoms with Crippen molar-refractivity contribution in [3.8, 4) is 11.5 Å². The summed E-state index contributed by atoms with van der Waals surface area (Å²) < 4.78 is 24.0. The zero-order chi connectivity index (χ0) is 14.3.